The molecule has 0 aliphatic rings. The van der Waals surface area contributed by atoms with Gasteiger partial charge in [0.25, 0.3) is 0 Å². The monoisotopic (exact) mass is 275 g/mol. The van der Waals surface area contributed by atoms with Gasteiger partial charge < -0.3 is 5.73 Å². The summed E-state index contributed by atoms with van der Waals surface area (Å²) in [4.78, 5) is 8.06. The minimum atomic E-state index is 0.506. The van der Waals surface area contributed by atoms with E-state index >= 15 is 0 Å². The maximum atomic E-state index is 5.65. The number of aromatic nitrogens is 2. The average molecular weight is 276 g/mol. The Balaban J connectivity index is 2.63. The van der Waals surface area contributed by atoms with Crippen molar-refractivity contribution in [1.82, 2.24) is 9.97 Å². The van der Waals surface area contributed by atoms with Gasteiger partial charge >= 0.3 is 0 Å². The van der Waals surface area contributed by atoms with E-state index in [1.165, 1.54) is 12.7 Å². The SMILES string of the molecule is CCC(C)CSc1ncnc(N)c1Br. The van der Waals surface area contributed by atoms with Gasteiger partial charge in [-0.05, 0) is 21.8 Å². The second kappa shape index (κ2) is 5.56. The number of nitrogens with two attached hydrogens (primary N) is 1. The molecule has 1 rings (SSSR count). The molecule has 5 heteroatoms. The molecule has 0 fully saturated rings. The van der Waals surface area contributed by atoms with Crippen molar-refractivity contribution in [2.45, 2.75) is 25.3 Å². The van der Waals surface area contributed by atoms with Gasteiger partial charge in [-0.2, -0.15) is 0 Å². The van der Waals surface area contributed by atoms with E-state index in [2.05, 4.69) is 39.7 Å². The number of hydrogen-bond donors (Lipinski definition) is 1. The van der Waals surface area contributed by atoms with Crippen molar-refractivity contribution >= 4 is 33.5 Å². The van der Waals surface area contributed by atoms with E-state index < -0.39 is 0 Å². The molecule has 0 saturated heterocycles. The number of thioether (sulfide) groups is 1. The lowest BCUT2D eigenvalue weighted by Crippen LogP contribution is -1.99. The molecule has 0 saturated carbocycles. The Kier molecular flexibility index (Phi) is 4.68. The Hall–Kier alpha value is -0.290. The summed E-state index contributed by atoms with van der Waals surface area (Å²) in [6, 6.07) is 0. The molecular formula is C9H14BrN3S. The number of hydrogen-bond acceptors (Lipinski definition) is 4. The van der Waals surface area contributed by atoms with E-state index in [1.807, 2.05) is 0 Å². The standard InChI is InChI=1S/C9H14BrN3S/c1-3-6(2)4-14-9-7(10)8(11)12-5-13-9/h5-6H,3-4H2,1-2H3,(H2,11,12,13). The molecule has 1 atom stereocenters. The topological polar surface area (TPSA) is 51.8 Å². The summed E-state index contributed by atoms with van der Waals surface area (Å²) in [5, 5.41) is 0.929. The zero-order valence-electron chi connectivity index (χ0n) is 8.33. The van der Waals surface area contributed by atoms with Crippen LogP contribution in [0.4, 0.5) is 5.82 Å². The van der Waals surface area contributed by atoms with Crippen LogP contribution in [0.25, 0.3) is 0 Å². The van der Waals surface area contributed by atoms with Gasteiger partial charge in [-0.1, -0.05) is 20.3 Å². The molecule has 0 spiro atoms. The van der Waals surface area contributed by atoms with Gasteiger partial charge in [0.1, 0.15) is 17.2 Å². The molecule has 0 amide bonds. The van der Waals surface area contributed by atoms with Crippen molar-refractivity contribution in [3.05, 3.63) is 10.8 Å². The third-order valence-electron chi connectivity index (χ3n) is 1.99. The van der Waals surface area contributed by atoms with Crippen LogP contribution in [0.1, 0.15) is 20.3 Å². The van der Waals surface area contributed by atoms with Crippen molar-refractivity contribution in [2.24, 2.45) is 5.92 Å². The first-order valence-corrected chi connectivity index (χ1v) is 6.31. The molecule has 2 N–H and O–H groups in total. The summed E-state index contributed by atoms with van der Waals surface area (Å²) >= 11 is 5.10. The van der Waals surface area contributed by atoms with Crippen LogP contribution in [-0.2, 0) is 0 Å². The quantitative estimate of drug-likeness (QED) is 0.678. The number of anilines is 1. The minimum absolute atomic E-state index is 0.506. The molecule has 3 nitrogen and oxygen atoms in total. The van der Waals surface area contributed by atoms with Gasteiger partial charge in [0.2, 0.25) is 0 Å². The van der Waals surface area contributed by atoms with E-state index in [9.17, 15) is 0 Å². The first kappa shape index (κ1) is 11.8. The Bertz CT molecular complexity index is 306. The number of nitrogens with zero attached hydrogens (tertiary/aromatic N) is 2. The lowest BCUT2D eigenvalue weighted by Gasteiger charge is -2.08. The molecule has 0 aromatic carbocycles. The highest BCUT2D eigenvalue weighted by molar-refractivity contribution is 9.10. The van der Waals surface area contributed by atoms with Crippen LogP contribution in [0.5, 0.6) is 0 Å². The van der Waals surface area contributed by atoms with Gasteiger partial charge in [-0.3, -0.25) is 0 Å². The lowest BCUT2D eigenvalue weighted by molar-refractivity contribution is 0.636. The van der Waals surface area contributed by atoms with Crippen LogP contribution in [-0.4, -0.2) is 15.7 Å². The predicted octanol–water partition coefficient (Wildman–Crippen LogP) is 2.96. The van der Waals surface area contributed by atoms with Gasteiger partial charge in [0.15, 0.2) is 0 Å². The van der Waals surface area contributed by atoms with Gasteiger partial charge in [-0.25, -0.2) is 9.97 Å². The molecule has 14 heavy (non-hydrogen) atoms. The Morgan fingerprint density at radius 1 is 1.57 bits per heavy atom. The van der Waals surface area contributed by atoms with Crippen LogP contribution in [0, 0.1) is 5.92 Å². The molecule has 1 heterocycles. The zero-order valence-corrected chi connectivity index (χ0v) is 10.7. The Morgan fingerprint density at radius 2 is 2.29 bits per heavy atom. The van der Waals surface area contributed by atoms with E-state index in [1.54, 1.807) is 11.8 Å². The largest absolute Gasteiger partial charge is 0.383 e. The summed E-state index contributed by atoms with van der Waals surface area (Å²) in [5.41, 5.74) is 5.65. The van der Waals surface area contributed by atoms with Crippen LogP contribution >= 0.6 is 27.7 Å². The van der Waals surface area contributed by atoms with E-state index in [-0.39, 0.29) is 0 Å². The smallest absolute Gasteiger partial charge is 0.142 e. The van der Waals surface area contributed by atoms with Gasteiger partial charge in [0.05, 0.1) is 4.47 Å². The normalized spacial score (nSPS) is 12.8. The minimum Gasteiger partial charge on any atom is -0.383 e. The second-order valence-electron chi connectivity index (χ2n) is 3.20. The lowest BCUT2D eigenvalue weighted by atomic mass is 10.2. The number of nitrogen functional groups attached to an aromatic ring is 1. The summed E-state index contributed by atoms with van der Waals surface area (Å²) in [7, 11) is 0. The molecule has 0 bridgehead atoms. The Morgan fingerprint density at radius 3 is 2.93 bits per heavy atom. The summed E-state index contributed by atoms with van der Waals surface area (Å²) in [5.74, 6) is 2.26. The molecule has 0 radical (unpaired) electrons. The van der Waals surface area contributed by atoms with Crippen molar-refractivity contribution < 1.29 is 0 Å². The van der Waals surface area contributed by atoms with Crippen LogP contribution in [0.3, 0.4) is 0 Å². The second-order valence-corrected chi connectivity index (χ2v) is 5.00. The first-order chi connectivity index (χ1) is 6.65. The Labute approximate surface area is 97.0 Å². The highest BCUT2D eigenvalue weighted by atomic mass is 79.9. The summed E-state index contributed by atoms with van der Waals surface area (Å²) in [6.45, 7) is 4.42. The van der Waals surface area contributed by atoms with E-state index in [4.69, 9.17) is 5.73 Å². The molecular weight excluding hydrogens is 262 g/mol. The highest BCUT2D eigenvalue weighted by Crippen LogP contribution is 2.29. The van der Waals surface area contributed by atoms with Crippen molar-refractivity contribution in [2.75, 3.05) is 11.5 Å². The maximum Gasteiger partial charge on any atom is 0.142 e. The van der Waals surface area contributed by atoms with Crippen molar-refractivity contribution in [1.29, 1.82) is 0 Å². The molecule has 0 aliphatic carbocycles. The summed E-state index contributed by atoms with van der Waals surface area (Å²) in [6.07, 6.45) is 2.68. The fourth-order valence-electron chi connectivity index (χ4n) is 0.806. The third-order valence-corrected chi connectivity index (χ3v) is 4.35. The molecule has 1 aromatic heterocycles. The van der Waals surface area contributed by atoms with Crippen LogP contribution < -0.4 is 5.73 Å². The van der Waals surface area contributed by atoms with E-state index in [0.29, 0.717) is 11.7 Å². The molecule has 78 valence electrons. The number of rotatable bonds is 4. The summed E-state index contributed by atoms with van der Waals surface area (Å²) < 4.78 is 0.813. The fourth-order valence-corrected chi connectivity index (χ4v) is 2.39. The molecule has 1 unspecified atom stereocenters. The van der Waals surface area contributed by atoms with Crippen LogP contribution in [0.15, 0.2) is 15.8 Å². The van der Waals surface area contributed by atoms with Gasteiger partial charge in [-0.15, -0.1) is 11.8 Å². The van der Waals surface area contributed by atoms with Crippen LogP contribution in [0.2, 0.25) is 0 Å². The fraction of sp³-hybridized carbons (Fsp3) is 0.556. The van der Waals surface area contributed by atoms with E-state index in [0.717, 1.165) is 15.3 Å². The van der Waals surface area contributed by atoms with Gasteiger partial charge in [0, 0.05) is 5.75 Å². The average Bonchev–Trinajstić information content (AvgIpc) is 2.20. The first-order valence-electron chi connectivity index (χ1n) is 4.54. The maximum absolute atomic E-state index is 5.65. The molecule has 0 aliphatic heterocycles. The predicted molar refractivity (Wildman–Crippen MR) is 64.3 cm³/mol. The van der Waals surface area contributed by atoms with Crippen molar-refractivity contribution in [3.8, 4) is 0 Å². The van der Waals surface area contributed by atoms with Crippen molar-refractivity contribution in [3.63, 3.8) is 0 Å². The number of halogens is 1. The molecule has 1 aromatic rings. The third kappa shape index (κ3) is 3.13. The highest BCUT2D eigenvalue weighted by Gasteiger charge is 2.08. The zero-order chi connectivity index (χ0) is 10.6.